The number of nitrogens with zero attached hydrogens (tertiary/aromatic N) is 1. The van der Waals surface area contributed by atoms with Crippen LogP contribution in [0.1, 0.15) is 50.5 Å². The van der Waals surface area contributed by atoms with E-state index in [1.165, 1.54) is 32.1 Å². The van der Waals surface area contributed by atoms with E-state index in [9.17, 15) is 9.59 Å². The number of nitrogens with one attached hydrogen (secondary N) is 1. The molecule has 1 saturated heterocycles. The monoisotopic (exact) mass is 418 g/mol. The lowest BCUT2D eigenvalue weighted by Gasteiger charge is -2.38. The van der Waals surface area contributed by atoms with Crippen molar-refractivity contribution >= 4 is 11.8 Å². The molecule has 166 valence electrons. The molecule has 1 atom stereocenters. The molecule has 3 rings (SSSR count). The summed E-state index contributed by atoms with van der Waals surface area (Å²) in [6.45, 7) is 1.13. The van der Waals surface area contributed by atoms with Crippen molar-refractivity contribution in [2.24, 2.45) is 5.92 Å². The SMILES string of the molecule is COc1cc(CCCN2C(=O)C(=O)NC[C@@H]2CC2CCCCC2)cc(OC)c1OC. The molecule has 1 heterocycles. The van der Waals surface area contributed by atoms with Crippen molar-refractivity contribution in [2.75, 3.05) is 34.4 Å². The lowest BCUT2D eigenvalue weighted by atomic mass is 9.84. The molecule has 0 unspecified atom stereocenters. The standard InChI is InChI=1S/C23H34N2O5/c1-28-19-13-17(14-20(29-2)21(19)30-3)10-7-11-25-18(15-24-22(26)23(25)27)12-16-8-5-4-6-9-16/h13-14,16,18H,4-12,15H2,1-3H3,(H,24,26)/t18-/m0/s1. The number of carbonyl (C=O) groups is 2. The van der Waals surface area contributed by atoms with Crippen molar-refractivity contribution in [3.8, 4) is 17.2 Å². The molecule has 7 nitrogen and oxygen atoms in total. The molecule has 0 bridgehead atoms. The first kappa shape index (κ1) is 22.2. The summed E-state index contributed by atoms with van der Waals surface area (Å²) in [5.74, 6) is 1.59. The molecule has 2 aliphatic rings. The van der Waals surface area contributed by atoms with Gasteiger partial charge in [0.1, 0.15) is 0 Å². The Balaban J connectivity index is 1.64. The quantitative estimate of drug-likeness (QED) is 0.624. The van der Waals surface area contributed by atoms with Gasteiger partial charge < -0.3 is 24.4 Å². The van der Waals surface area contributed by atoms with E-state index >= 15 is 0 Å². The Kier molecular flexibility index (Phi) is 7.82. The molecule has 1 aromatic rings. The number of hydrogen-bond donors (Lipinski definition) is 1. The van der Waals surface area contributed by atoms with Crippen LogP contribution in [-0.2, 0) is 16.0 Å². The van der Waals surface area contributed by atoms with Crippen LogP contribution < -0.4 is 19.5 Å². The van der Waals surface area contributed by atoms with E-state index in [0.29, 0.717) is 36.3 Å². The number of methoxy groups -OCH3 is 3. The van der Waals surface area contributed by atoms with Gasteiger partial charge in [-0.05, 0) is 42.9 Å². The van der Waals surface area contributed by atoms with Gasteiger partial charge in [-0.25, -0.2) is 0 Å². The van der Waals surface area contributed by atoms with Gasteiger partial charge in [0.05, 0.1) is 21.3 Å². The zero-order chi connectivity index (χ0) is 21.5. The van der Waals surface area contributed by atoms with Crippen LogP contribution in [0.2, 0.25) is 0 Å². The highest BCUT2D eigenvalue weighted by molar-refractivity contribution is 6.35. The highest BCUT2D eigenvalue weighted by atomic mass is 16.5. The number of ether oxygens (including phenoxy) is 3. The molecule has 2 fully saturated rings. The van der Waals surface area contributed by atoms with Gasteiger partial charge in [-0.2, -0.15) is 0 Å². The Hall–Kier alpha value is -2.44. The maximum absolute atomic E-state index is 12.6. The molecule has 0 radical (unpaired) electrons. The molecule has 1 N–H and O–H groups in total. The summed E-state index contributed by atoms with van der Waals surface area (Å²) in [5, 5.41) is 2.78. The zero-order valence-electron chi connectivity index (χ0n) is 18.4. The second-order valence-electron chi connectivity index (χ2n) is 8.24. The normalized spacial score (nSPS) is 20.1. The maximum Gasteiger partial charge on any atom is 0.312 e. The molecule has 1 aliphatic carbocycles. The van der Waals surface area contributed by atoms with Crippen molar-refractivity contribution in [2.45, 2.75) is 57.4 Å². The zero-order valence-corrected chi connectivity index (χ0v) is 18.4. The van der Waals surface area contributed by atoms with Crippen molar-refractivity contribution in [1.29, 1.82) is 0 Å². The summed E-state index contributed by atoms with van der Waals surface area (Å²) in [6.07, 6.45) is 8.83. The summed E-state index contributed by atoms with van der Waals surface area (Å²) >= 11 is 0. The third-order valence-electron chi connectivity index (χ3n) is 6.31. The molecule has 30 heavy (non-hydrogen) atoms. The van der Waals surface area contributed by atoms with Crippen LogP contribution in [0.25, 0.3) is 0 Å². The third-order valence-corrected chi connectivity index (χ3v) is 6.31. The minimum Gasteiger partial charge on any atom is -0.493 e. The topological polar surface area (TPSA) is 77.1 Å². The Morgan fingerprint density at radius 2 is 1.67 bits per heavy atom. The Morgan fingerprint density at radius 1 is 1.00 bits per heavy atom. The van der Waals surface area contributed by atoms with Crippen molar-refractivity contribution in [3.63, 3.8) is 0 Å². The molecule has 0 aromatic heterocycles. The first-order chi connectivity index (χ1) is 14.6. The molecular weight excluding hydrogens is 384 g/mol. The molecule has 0 spiro atoms. The predicted molar refractivity (Wildman–Crippen MR) is 114 cm³/mol. The van der Waals surface area contributed by atoms with Crippen molar-refractivity contribution in [3.05, 3.63) is 17.7 Å². The summed E-state index contributed by atoms with van der Waals surface area (Å²) in [7, 11) is 4.78. The highest BCUT2D eigenvalue weighted by Gasteiger charge is 2.34. The summed E-state index contributed by atoms with van der Waals surface area (Å²) in [5.41, 5.74) is 1.04. The van der Waals surface area contributed by atoms with Crippen LogP contribution in [0.4, 0.5) is 0 Å². The minimum atomic E-state index is -0.484. The fourth-order valence-corrected chi connectivity index (χ4v) is 4.73. The van der Waals surface area contributed by atoms with Crippen LogP contribution in [0.15, 0.2) is 12.1 Å². The van der Waals surface area contributed by atoms with Crippen LogP contribution >= 0.6 is 0 Å². The van der Waals surface area contributed by atoms with E-state index in [1.807, 2.05) is 12.1 Å². The number of hydrogen-bond acceptors (Lipinski definition) is 5. The van der Waals surface area contributed by atoms with Crippen LogP contribution in [0.5, 0.6) is 17.2 Å². The van der Waals surface area contributed by atoms with E-state index in [1.54, 1.807) is 26.2 Å². The molecule has 1 saturated carbocycles. The average Bonchev–Trinajstić information content (AvgIpc) is 2.78. The smallest absolute Gasteiger partial charge is 0.312 e. The van der Waals surface area contributed by atoms with Gasteiger partial charge in [-0.3, -0.25) is 9.59 Å². The molecule has 1 aromatic carbocycles. The van der Waals surface area contributed by atoms with E-state index in [0.717, 1.165) is 24.8 Å². The van der Waals surface area contributed by atoms with Crippen molar-refractivity contribution in [1.82, 2.24) is 10.2 Å². The van der Waals surface area contributed by atoms with Crippen LogP contribution in [0, 0.1) is 5.92 Å². The molecular formula is C23H34N2O5. The lowest BCUT2D eigenvalue weighted by Crippen LogP contribution is -2.58. The van der Waals surface area contributed by atoms with Gasteiger partial charge in [0.2, 0.25) is 5.75 Å². The summed E-state index contributed by atoms with van der Waals surface area (Å²) < 4.78 is 16.2. The summed E-state index contributed by atoms with van der Waals surface area (Å²) in [6, 6.07) is 3.97. The van der Waals surface area contributed by atoms with Gasteiger partial charge in [0, 0.05) is 19.1 Å². The number of amides is 2. The number of carbonyl (C=O) groups excluding carboxylic acids is 2. The Labute approximate surface area is 179 Å². The summed E-state index contributed by atoms with van der Waals surface area (Å²) in [4.78, 5) is 26.3. The highest BCUT2D eigenvalue weighted by Crippen LogP contribution is 2.38. The molecule has 1 aliphatic heterocycles. The fourth-order valence-electron chi connectivity index (χ4n) is 4.73. The van der Waals surface area contributed by atoms with E-state index in [-0.39, 0.29) is 6.04 Å². The first-order valence-corrected chi connectivity index (χ1v) is 10.9. The number of benzene rings is 1. The van der Waals surface area contributed by atoms with Crippen LogP contribution in [0.3, 0.4) is 0 Å². The van der Waals surface area contributed by atoms with Gasteiger partial charge >= 0.3 is 11.8 Å². The lowest BCUT2D eigenvalue weighted by molar-refractivity contribution is -0.151. The maximum atomic E-state index is 12.6. The van der Waals surface area contributed by atoms with Gasteiger partial charge in [0.15, 0.2) is 11.5 Å². The average molecular weight is 419 g/mol. The second-order valence-corrected chi connectivity index (χ2v) is 8.24. The number of aryl methyl sites for hydroxylation is 1. The van der Waals surface area contributed by atoms with Crippen LogP contribution in [-0.4, -0.2) is 57.2 Å². The largest absolute Gasteiger partial charge is 0.493 e. The Bertz CT molecular complexity index is 720. The predicted octanol–water partition coefficient (Wildman–Crippen LogP) is 2.94. The van der Waals surface area contributed by atoms with E-state index < -0.39 is 11.8 Å². The van der Waals surface area contributed by atoms with Gasteiger partial charge in [0.25, 0.3) is 0 Å². The van der Waals surface area contributed by atoms with Gasteiger partial charge in [-0.15, -0.1) is 0 Å². The minimum absolute atomic E-state index is 0.0956. The van der Waals surface area contributed by atoms with Gasteiger partial charge in [-0.1, -0.05) is 32.1 Å². The Morgan fingerprint density at radius 3 is 2.27 bits per heavy atom. The van der Waals surface area contributed by atoms with Crippen molar-refractivity contribution < 1.29 is 23.8 Å². The first-order valence-electron chi connectivity index (χ1n) is 10.9. The number of piperazine rings is 1. The fraction of sp³-hybridized carbons (Fsp3) is 0.652. The van der Waals surface area contributed by atoms with E-state index in [2.05, 4.69) is 5.32 Å². The molecule has 7 heteroatoms. The molecule has 2 amide bonds. The second kappa shape index (κ2) is 10.5. The number of rotatable bonds is 9. The third kappa shape index (κ3) is 5.18. The van der Waals surface area contributed by atoms with E-state index in [4.69, 9.17) is 14.2 Å².